The molecular weight excluding hydrogens is 234 g/mol. The fourth-order valence-corrected chi connectivity index (χ4v) is 1.48. The van der Waals surface area contributed by atoms with Gasteiger partial charge >= 0.3 is 0 Å². The van der Waals surface area contributed by atoms with E-state index in [0.717, 1.165) is 0 Å². The highest BCUT2D eigenvalue weighted by Gasteiger charge is 2.12. The van der Waals surface area contributed by atoms with Gasteiger partial charge in [-0.05, 0) is 31.0 Å². The molecule has 0 aliphatic carbocycles. The third kappa shape index (κ3) is 3.92. The molecular formula is C13H19NO4. The maximum absolute atomic E-state index is 11.8. The number of aliphatic hydroxyl groups is 1. The van der Waals surface area contributed by atoms with Crippen LogP contribution in [-0.4, -0.2) is 35.9 Å². The smallest absolute Gasteiger partial charge is 0.255 e. The Morgan fingerprint density at radius 1 is 1.50 bits per heavy atom. The highest BCUT2D eigenvalue weighted by atomic mass is 16.5. The van der Waals surface area contributed by atoms with Crippen molar-refractivity contribution in [1.29, 1.82) is 0 Å². The van der Waals surface area contributed by atoms with Crippen LogP contribution in [0.2, 0.25) is 0 Å². The lowest BCUT2D eigenvalue weighted by Gasteiger charge is -2.10. The Hall–Kier alpha value is -1.75. The predicted molar refractivity (Wildman–Crippen MR) is 67.9 cm³/mol. The molecule has 0 radical (unpaired) electrons. The SMILES string of the molecule is CCC(O)CCNC(=O)c1cc(OC)ccc1O. The minimum Gasteiger partial charge on any atom is -0.507 e. The van der Waals surface area contributed by atoms with E-state index in [1.54, 1.807) is 6.07 Å². The quantitative estimate of drug-likeness (QED) is 0.714. The van der Waals surface area contributed by atoms with Gasteiger partial charge in [-0.25, -0.2) is 0 Å². The van der Waals surface area contributed by atoms with Crippen LogP contribution >= 0.6 is 0 Å². The number of phenols is 1. The van der Waals surface area contributed by atoms with Crippen molar-refractivity contribution in [3.05, 3.63) is 23.8 Å². The standard InChI is InChI=1S/C13H19NO4/c1-3-9(15)6-7-14-13(17)11-8-10(18-2)4-5-12(11)16/h4-5,8-9,15-16H,3,6-7H2,1-2H3,(H,14,17). The van der Waals surface area contributed by atoms with Gasteiger partial charge in [0.1, 0.15) is 11.5 Å². The first kappa shape index (κ1) is 14.3. The van der Waals surface area contributed by atoms with E-state index in [2.05, 4.69) is 5.32 Å². The van der Waals surface area contributed by atoms with E-state index < -0.39 is 6.10 Å². The molecule has 1 atom stereocenters. The van der Waals surface area contributed by atoms with Crippen LogP contribution in [-0.2, 0) is 0 Å². The average Bonchev–Trinajstić information content (AvgIpc) is 2.38. The van der Waals surface area contributed by atoms with E-state index in [1.165, 1.54) is 19.2 Å². The van der Waals surface area contributed by atoms with E-state index in [4.69, 9.17) is 4.74 Å². The Morgan fingerprint density at radius 2 is 2.22 bits per heavy atom. The maximum Gasteiger partial charge on any atom is 0.255 e. The van der Waals surface area contributed by atoms with Gasteiger partial charge in [0.05, 0.1) is 18.8 Å². The molecule has 3 N–H and O–H groups in total. The molecule has 5 heteroatoms. The lowest BCUT2D eigenvalue weighted by Crippen LogP contribution is -2.27. The first-order valence-corrected chi connectivity index (χ1v) is 5.91. The van der Waals surface area contributed by atoms with Gasteiger partial charge in [-0.15, -0.1) is 0 Å². The van der Waals surface area contributed by atoms with Crippen LogP contribution in [0.25, 0.3) is 0 Å². The molecule has 1 unspecified atom stereocenters. The third-order valence-electron chi connectivity index (χ3n) is 2.68. The second-order valence-electron chi connectivity index (χ2n) is 3.99. The number of phenolic OH excluding ortho intramolecular Hbond substituents is 1. The fraction of sp³-hybridized carbons (Fsp3) is 0.462. The van der Waals surface area contributed by atoms with Gasteiger partial charge in [0.15, 0.2) is 0 Å². The summed E-state index contributed by atoms with van der Waals surface area (Å²) in [4.78, 5) is 11.8. The van der Waals surface area contributed by atoms with Crippen molar-refractivity contribution >= 4 is 5.91 Å². The molecule has 1 aromatic carbocycles. The summed E-state index contributed by atoms with van der Waals surface area (Å²) in [6.07, 6.45) is 0.733. The Balaban J connectivity index is 2.61. The number of hydrogen-bond donors (Lipinski definition) is 3. The minimum atomic E-state index is -0.413. The van der Waals surface area contributed by atoms with Gasteiger partial charge in [-0.2, -0.15) is 0 Å². The van der Waals surface area contributed by atoms with Gasteiger partial charge in [0.25, 0.3) is 5.91 Å². The number of benzene rings is 1. The summed E-state index contributed by atoms with van der Waals surface area (Å²) in [7, 11) is 1.49. The Kier molecular flexibility index (Phi) is 5.45. The number of carbonyl (C=O) groups excluding carboxylic acids is 1. The summed E-state index contributed by atoms with van der Waals surface area (Å²) < 4.78 is 4.99. The molecule has 5 nitrogen and oxygen atoms in total. The largest absolute Gasteiger partial charge is 0.507 e. The highest BCUT2D eigenvalue weighted by molar-refractivity contribution is 5.97. The van der Waals surface area contributed by atoms with Crippen LogP contribution in [0.4, 0.5) is 0 Å². The number of amides is 1. The van der Waals surface area contributed by atoms with Crippen molar-refractivity contribution < 1.29 is 19.7 Å². The van der Waals surface area contributed by atoms with E-state index in [-0.39, 0.29) is 17.2 Å². The molecule has 0 aliphatic heterocycles. The lowest BCUT2D eigenvalue weighted by atomic mass is 10.1. The number of hydrogen-bond acceptors (Lipinski definition) is 4. The topological polar surface area (TPSA) is 78.8 Å². The van der Waals surface area contributed by atoms with Crippen LogP contribution in [0.15, 0.2) is 18.2 Å². The number of nitrogens with one attached hydrogen (secondary N) is 1. The molecule has 1 amide bonds. The fourth-order valence-electron chi connectivity index (χ4n) is 1.48. The second kappa shape index (κ2) is 6.86. The molecule has 0 heterocycles. The van der Waals surface area contributed by atoms with Crippen LogP contribution < -0.4 is 10.1 Å². The number of aliphatic hydroxyl groups excluding tert-OH is 1. The summed E-state index contributed by atoms with van der Waals surface area (Å²) in [5.74, 6) is 0.0329. The molecule has 0 saturated carbocycles. The zero-order valence-electron chi connectivity index (χ0n) is 10.6. The second-order valence-corrected chi connectivity index (χ2v) is 3.99. The predicted octanol–water partition coefficient (Wildman–Crippen LogP) is 1.29. The molecule has 18 heavy (non-hydrogen) atoms. The molecule has 0 saturated heterocycles. The number of rotatable bonds is 6. The Bertz CT molecular complexity index is 406. The number of ether oxygens (including phenoxy) is 1. The van der Waals surface area contributed by atoms with Crippen molar-refractivity contribution in [2.75, 3.05) is 13.7 Å². The van der Waals surface area contributed by atoms with E-state index in [9.17, 15) is 15.0 Å². The van der Waals surface area contributed by atoms with Gasteiger partial charge in [-0.3, -0.25) is 4.79 Å². The van der Waals surface area contributed by atoms with Crippen molar-refractivity contribution in [3.8, 4) is 11.5 Å². The summed E-state index contributed by atoms with van der Waals surface area (Å²) in [5.41, 5.74) is 0.167. The van der Waals surface area contributed by atoms with E-state index in [1.807, 2.05) is 6.92 Å². The zero-order chi connectivity index (χ0) is 13.5. The number of methoxy groups -OCH3 is 1. The number of carbonyl (C=O) groups is 1. The van der Waals surface area contributed by atoms with E-state index in [0.29, 0.717) is 25.1 Å². The van der Waals surface area contributed by atoms with Gasteiger partial charge < -0.3 is 20.3 Å². The molecule has 1 aromatic rings. The monoisotopic (exact) mass is 253 g/mol. The zero-order valence-corrected chi connectivity index (χ0v) is 10.6. The van der Waals surface area contributed by atoms with Gasteiger partial charge in [-0.1, -0.05) is 6.92 Å². The first-order valence-electron chi connectivity index (χ1n) is 5.91. The third-order valence-corrected chi connectivity index (χ3v) is 2.68. The maximum atomic E-state index is 11.8. The van der Waals surface area contributed by atoms with Crippen LogP contribution in [0.1, 0.15) is 30.1 Å². The molecule has 0 fully saturated rings. The van der Waals surface area contributed by atoms with Crippen molar-refractivity contribution in [3.63, 3.8) is 0 Å². The summed E-state index contributed by atoms with van der Waals surface area (Å²) in [6.45, 7) is 2.24. The molecule has 0 bridgehead atoms. The summed E-state index contributed by atoms with van der Waals surface area (Å²) >= 11 is 0. The Labute approximate surface area is 106 Å². The van der Waals surface area contributed by atoms with Crippen LogP contribution in [0, 0.1) is 0 Å². The van der Waals surface area contributed by atoms with Crippen LogP contribution in [0.5, 0.6) is 11.5 Å². The summed E-state index contributed by atoms with van der Waals surface area (Å²) in [5, 5.41) is 21.6. The molecule has 0 aromatic heterocycles. The molecule has 0 spiro atoms. The lowest BCUT2D eigenvalue weighted by molar-refractivity contribution is 0.0939. The first-order chi connectivity index (χ1) is 8.58. The van der Waals surface area contributed by atoms with Crippen LogP contribution in [0.3, 0.4) is 0 Å². The Morgan fingerprint density at radius 3 is 2.83 bits per heavy atom. The van der Waals surface area contributed by atoms with Gasteiger partial charge in [0.2, 0.25) is 0 Å². The van der Waals surface area contributed by atoms with Crippen molar-refractivity contribution in [1.82, 2.24) is 5.32 Å². The normalized spacial score (nSPS) is 11.9. The molecule has 100 valence electrons. The highest BCUT2D eigenvalue weighted by Crippen LogP contribution is 2.22. The van der Waals surface area contributed by atoms with Crippen molar-refractivity contribution in [2.24, 2.45) is 0 Å². The molecule has 1 rings (SSSR count). The van der Waals surface area contributed by atoms with Gasteiger partial charge in [0, 0.05) is 6.54 Å². The van der Waals surface area contributed by atoms with Crippen molar-refractivity contribution in [2.45, 2.75) is 25.9 Å². The minimum absolute atomic E-state index is 0.0932. The number of aromatic hydroxyl groups is 1. The van der Waals surface area contributed by atoms with E-state index >= 15 is 0 Å². The summed E-state index contributed by atoms with van der Waals surface area (Å²) in [6, 6.07) is 4.46. The molecule has 0 aliphatic rings. The average molecular weight is 253 g/mol.